The number of nitrogens with zero attached hydrogens (tertiary/aromatic N) is 4. The molecule has 0 bridgehead atoms. The molecule has 0 saturated carbocycles. The van der Waals surface area contributed by atoms with Gasteiger partial charge in [-0.15, -0.1) is 0 Å². The van der Waals surface area contributed by atoms with Crippen molar-refractivity contribution in [3.63, 3.8) is 0 Å². The van der Waals surface area contributed by atoms with Crippen LogP contribution in [0.3, 0.4) is 0 Å². The van der Waals surface area contributed by atoms with Gasteiger partial charge in [-0.2, -0.15) is 0 Å². The average molecular weight is 701 g/mol. The molecule has 0 N–H and O–H groups in total. The van der Waals surface area contributed by atoms with E-state index in [1.807, 2.05) is 36.8 Å². The Hall–Kier alpha value is -7.30. The van der Waals surface area contributed by atoms with E-state index in [1.165, 1.54) is 55.6 Å². The van der Waals surface area contributed by atoms with Gasteiger partial charge in [0, 0.05) is 41.5 Å². The molecular formula is C51H32N4. The lowest BCUT2D eigenvalue weighted by Crippen LogP contribution is -2.29. The normalized spacial score (nSPS) is 12.9. The Balaban J connectivity index is 1.16. The van der Waals surface area contributed by atoms with Crippen molar-refractivity contribution in [2.45, 2.75) is 5.41 Å². The lowest BCUT2D eigenvalue weighted by atomic mass is 9.66. The van der Waals surface area contributed by atoms with Crippen molar-refractivity contribution in [1.29, 1.82) is 0 Å². The predicted molar refractivity (Wildman–Crippen MR) is 221 cm³/mol. The van der Waals surface area contributed by atoms with E-state index < -0.39 is 5.41 Å². The van der Waals surface area contributed by atoms with Crippen LogP contribution in [0.2, 0.25) is 0 Å². The monoisotopic (exact) mass is 700 g/mol. The largest absolute Gasteiger partial charge is 0.265 e. The smallest absolute Gasteiger partial charge is 0.160 e. The fourth-order valence-corrected chi connectivity index (χ4v) is 8.95. The van der Waals surface area contributed by atoms with E-state index in [0.717, 1.165) is 39.2 Å². The number of aromatic nitrogens is 4. The van der Waals surface area contributed by atoms with Crippen molar-refractivity contribution in [1.82, 2.24) is 19.9 Å². The van der Waals surface area contributed by atoms with Gasteiger partial charge in [0.1, 0.15) is 0 Å². The van der Waals surface area contributed by atoms with Gasteiger partial charge in [-0.05, 0) is 103 Å². The van der Waals surface area contributed by atoms with Gasteiger partial charge in [0.2, 0.25) is 0 Å². The summed E-state index contributed by atoms with van der Waals surface area (Å²) in [5.74, 6) is 0.662. The summed E-state index contributed by atoms with van der Waals surface area (Å²) in [4.78, 5) is 19.0. The molecule has 9 aromatic rings. The molecule has 55 heavy (non-hydrogen) atoms. The molecule has 2 aliphatic carbocycles. The zero-order chi connectivity index (χ0) is 36.3. The van der Waals surface area contributed by atoms with Crippen molar-refractivity contribution in [2.24, 2.45) is 0 Å². The zero-order valence-electron chi connectivity index (χ0n) is 29.8. The first-order valence-corrected chi connectivity index (χ1v) is 18.6. The molecule has 0 saturated heterocycles. The maximum absolute atomic E-state index is 5.29. The fourth-order valence-electron chi connectivity index (χ4n) is 8.95. The Bertz CT molecular complexity index is 2870. The second kappa shape index (κ2) is 12.4. The third-order valence-corrected chi connectivity index (χ3v) is 11.4. The third kappa shape index (κ3) is 4.78. The highest BCUT2D eigenvalue weighted by atomic mass is 14.9. The van der Waals surface area contributed by atoms with Crippen LogP contribution in [0.1, 0.15) is 22.3 Å². The summed E-state index contributed by atoms with van der Waals surface area (Å²) >= 11 is 0. The number of hydrogen-bond acceptors (Lipinski definition) is 4. The van der Waals surface area contributed by atoms with E-state index in [1.54, 1.807) is 6.20 Å². The number of rotatable bonds is 4. The molecule has 0 fully saturated rings. The number of benzene rings is 6. The fraction of sp³-hybridized carbons (Fsp3) is 0.0196. The quantitative estimate of drug-likeness (QED) is 0.183. The van der Waals surface area contributed by atoms with Crippen molar-refractivity contribution in [3.05, 3.63) is 217 Å². The molecule has 0 aliphatic heterocycles. The summed E-state index contributed by atoms with van der Waals surface area (Å²) in [7, 11) is 0. The van der Waals surface area contributed by atoms with Crippen LogP contribution in [-0.4, -0.2) is 19.9 Å². The van der Waals surface area contributed by atoms with Crippen molar-refractivity contribution >= 4 is 0 Å². The van der Waals surface area contributed by atoms with E-state index in [0.29, 0.717) is 5.82 Å². The van der Waals surface area contributed by atoms with Crippen molar-refractivity contribution < 1.29 is 0 Å². The highest BCUT2D eigenvalue weighted by molar-refractivity contribution is 5.98. The molecule has 3 heterocycles. The number of pyridine rings is 2. The molecule has 0 atom stereocenters. The van der Waals surface area contributed by atoms with Crippen LogP contribution in [-0.2, 0) is 5.41 Å². The van der Waals surface area contributed by atoms with E-state index >= 15 is 0 Å². The molecule has 6 aromatic carbocycles. The molecule has 256 valence electrons. The predicted octanol–water partition coefficient (Wildman–Crippen LogP) is 11.9. The van der Waals surface area contributed by atoms with Gasteiger partial charge in [0.25, 0.3) is 0 Å². The van der Waals surface area contributed by atoms with E-state index in [-0.39, 0.29) is 0 Å². The number of fused-ring (bicyclic) bond motifs is 12. The molecule has 4 nitrogen and oxygen atoms in total. The minimum absolute atomic E-state index is 0.523. The van der Waals surface area contributed by atoms with E-state index in [4.69, 9.17) is 9.97 Å². The summed E-state index contributed by atoms with van der Waals surface area (Å²) in [6, 6.07) is 61.4. The average Bonchev–Trinajstić information content (AvgIpc) is 3.52. The van der Waals surface area contributed by atoms with Crippen LogP contribution < -0.4 is 0 Å². The van der Waals surface area contributed by atoms with Crippen molar-refractivity contribution in [2.75, 3.05) is 0 Å². The van der Waals surface area contributed by atoms with Crippen LogP contribution >= 0.6 is 0 Å². The highest BCUT2D eigenvalue weighted by Crippen LogP contribution is 2.61. The summed E-state index contributed by atoms with van der Waals surface area (Å²) in [6.07, 6.45) is 7.30. The first-order valence-electron chi connectivity index (χ1n) is 18.6. The maximum Gasteiger partial charge on any atom is 0.160 e. The molecule has 11 rings (SSSR count). The molecule has 0 amide bonds. The van der Waals surface area contributed by atoms with Gasteiger partial charge in [-0.25, -0.2) is 9.97 Å². The maximum atomic E-state index is 5.29. The van der Waals surface area contributed by atoms with Gasteiger partial charge in [-0.3, -0.25) is 9.97 Å². The Morgan fingerprint density at radius 1 is 0.309 bits per heavy atom. The Morgan fingerprint density at radius 2 is 0.800 bits per heavy atom. The lowest BCUT2D eigenvalue weighted by Gasteiger charge is -2.35. The van der Waals surface area contributed by atoms with Crippen LogP contribution in [0, 0.1) is 0 Å². The van der Waals surface area contributed by atoms with Crippen LogP contribution in [0.25, 0.3) is 78.4 Å². The topological polar surface area (TPSA) is 51.6 Å². The summed E-state index contributed by atoms with van der Waals surface area (Å²) in [5, 5.41) is 0. The van der Waals surface area contributed by atoms with Gasteiger partial charge < -0.3 is 0 Å². The summed E-state index contributed by atoms with van der Waals surface area (Å²) < 4.78 is 0. The van der Waals surface area contributed by atoms with E-state index in [2.05, 4.69) is 162 Å². The van der Waals surface area contributed by atoms with Crippen LogP contribution in [0.15, 0.2) is 195 Å². The van der Waals surface area contributed by atoms with Gasteiger partial charge >= 0.3 is 0 Å². The zero-order valence-corrected chi connectivity index (χ0v) is 29.8. The minimum Gasteiger partial charge on any atom is -0.265 e. The summed E-state index contributed by atoms with van der Waals surface area (Å²) in [6.45, 7) is 0. The molecule has 2 aliphatic rings. The second-order valence-corrected chi connectivity index (χ2v) is 14.2. The summed E-state index contributed by atoms with van der Waals surface area (Å²) in [5.41, 5.74) is 18.9. The SMILES string of the molecule is c1cncc(-c2cc(-c3ccc4c(c3)-c3ccccc3-c3ccccc3C43c4ccccc4-c4ccccc43)nc(-c3ccc(-c4ccncc4)cc3)n2)c1. The van der Waals surface area contributed by atoms with Gasteiger partial charge in [-0.1, -0.05) is 133 Å². The first-order chi connectivity index (χ1) is 27.3. The van der Waals surface area contributed by atoms with Crippen molar-refractivity contribution in [3.8, 4) is 78.4 Å². The third-order valence-electron chi connectivity index (χ3n) is 11.4. The standard InChI is InChI=1S/C51H32N4/c1-2-12-39-38(11-1)40-13-3-6-16-44(40)51(45-17-7-4-14-41(45)42-15-5-8-18-46(42)51)47-24-23-36(30-43(39)47)48-31-49(37-10-9-27-53-32-37)55-50(54-48)35-21-19-33(20-22-35)34-25-28-52-29-26-34/h1-32H. The molecule has 0 unspecified atom stereocenters. The van der Waals surface area contributed by atoms with Gasteiger partial charge in [0.05, 0.1) is 16.8 Å². The second-order valence-electron chi connectivity index (χ2n) is 14.2. The molecule has 3 aromatic heterocycles. The Labute approximate surface area is 319 Å². The molecule has 4 heteroatoms. The van der Waals surface area contributed by atoms with E-state index in [9.17, 15) is 0 Å². The Morgan fingerprint density at radius 3 is 1.42 bits per heavy atom. The number of hydrogen-bond donors (Lipinski definition) is 0. The molecule has 1 spiro atoms. The van der Waals surface area contributed by atoms with Crippen LogP contribution in [0.4, 0.5) is 0 Å². The van der Waals surface area contributed by atoms with Gasteiger partial charge in [0.15, 0.2) is 5.82 Å². The molecule has 0 radical (unpaired) electrons. The van der Waals surface area contributed by atoms with Crippen LogP contribution in [0.5, 0.6) is 0 Å². The Kier molecular flexibility index (Phi) is 7.04. The lowest BCUT2D eigenvalue weighted by molar-refractivity contribution is 0.775. The minimum atomic E-state index is -0.523. The molecular weight excluding hydrogens is 669 g/mol. The highest BCUT2D eigenvalue weighted by Gasteiger charge is 2.49. The first kappa shape index (κ1) is 31.2.